The summed E-state index contributed by atoms with van der Waals surface area (Å²) in [5.41, 5.74) is 2.57. The van der Waals surface area contributed by atoms with Crippen molar-refractivity contribution >= 4 is 0 Å². The third kappa shape index (κ3) is 1.46. The van der Waals surface area contributed by atoms with Crippen LogP contribution >= 0.6 is 0 Å². The molecule has 0 radical (unpaired) electrons. The van der Waals surface area contributed by atoms with Crippen molar-refractivity contribution in [3.63, 3.8) is 0 Å². The normalized spacial score (nSPS) is 32.2. The minimum Gasteiger partial charge on any atom is -0.379 e. The predicted octanol–water partition coefficient (Wildman–Crippen LogP) is 2.92. The molecule has 0 bridgehead atoms. The summed E-state index contributed by atoms with van der Waals surface area (Å²) < 4.78 is 11.9. The number of hydrogen-bond acceptors (Lipinski definition) is 2. The fourth-order valence-corrected chi connectivity index (χ4v) is 3.84. The molecule has 0 aliphatic carbocycles. The Morgan fingerprint density at radius 1 is 0.550 bits per heavy atom. The van der Waals surface area contributed by atoms with Crippen LogP contribution in [-0.2, 0) is 20.3 Å². The van der Waals surface area contributed by atoms with Gasteiger partial charge in [-0.2, -0.15) is 0 Å². The molecule has 2 aromatic rings. The van der Waals surface area contributed by atoms with Crippen molar-refractivity contribution in [3.8, 4) is 0 Å². The van der Waals surface area contributed by atoms with Crippen LogP contribution < -0.4 is 0 Å². The van der Waals surface area contributed by atoms with Crippen LogP contribution in [0.2, 0.25) is 0 Å². The standard InChI is InChI=1S/C18H18O2/c1-3-7-15(8-4-1)17-11-19-13-18(17,14-20-12-17)16-9-5-2-6-10-16/h1-10H,11-14H2. The molecule has 0 amide bonds. The Morgan fingerprint density at radius 3 is 1.25 bits per heavy atom. The lowest BCUT2D eigenvalue weighted by Crippen LogP contribution is -2.47. The summed E-state index contributed by atoms with van der Waals surface area (Å²) in [5, 5.41) is 0. The lowest BCUT2D eigenvalue weighted by atomic mass is 9.61. The second-order valence-electron chi connectivity index (χ2n) is 5.88. The Morgan fingerprint density at radius 2 is 0.900 bits per heavy atom. The number of ether oxygens (including phenoxy) is 2. The minimum absolute atomic E-state index is 0.0460. The van der Waals surface area contributed by atoms with Crippen LogP contribution in [0.5, 0.6) is 0 Å². The summed E-state index contributed by atoms with van der Waals surface area (Å²) in [5.74, 6) is 0. The van der Waals surface area contributed by atoms with Crippen LogP contribution in [0.15, 0.2) is 60.7 Å². The van der Waals surface area contributed by atoms with Gasteiger partial charge in [-0.15, -0.1) is 0 Å². The summed E-state index contributed by atoms with van der Waals surface area (Å²) in [4.78, 5) is 0. The molecule has 0 atom stereocenters. The molecule has 2 aliphatic heterocycles. The smallest absolute Gasteiger partial charge is 0.0596 e. The summed E-state index contributed by atoms with van der Waals surface area (Å²) in [7, 11) is 0. The first kappa shape index (κ1) is 12.1. The minimum atomic E-state index is -0.0460. The molecule has 0 spiro atoms. The highest BCUT2D eigenvalue weighted by Gasteiger charge is 2.61. The third-order valence-electron chi connectivity index (χ3n) is 4.96. The van der Waals surface area contributed by atoms with Gasteiger partial charge < -0.3 is 9.47 Å². The van der Waals surface area contributed by atoms with Crippen molar-refractivity contribution < 1.29 is 9.47 Å². The molecule has 2 nitrogen and oxygen atoms in total. The van der Waals surface area contributed by atoms with Gasteiger partial charge >= 0.3 is 0 Å². The molecule has 0 N–H and O–H groups in total. The maximum absolute atomic E-state index is 5.95. The second kappa shape index (κ2) is 4.44. The van der Waals surface area contributed by atoms with Crippen LogP contribution in [0.4, 0.5) is 0 Å². The van der Waals surface area contributed by atoms with Gasteiger partial charge in [0.05, 0.1) is 37.3 Å². The second-order valence-corrected chi connectivity index (χ2v) is 5.88. The van der Waals surface area contributed by atoms with E-state index in [1.54, 1.807) is 0 Å². The number of rotatable bonds is 2. The van der Waals surface area contributed by atoms with Gasteiger partial charge in [-0.3, -0.25) is 0 Å². The van der Waals surface area contributed by atoms with Gasteiger partial charge in [0.2, 0.25) is 0 Å². The fraction of sp³-hybridized carbons (Fsp3) is 0.333. The van der Waals surface area contributed by atoms with E-state index in [-0.39, 0.29) is 10.8 Å². The topological polar surface area (TPSA) is 18.5 Å². The molecule has 2 aliphatic rings. The molecule has 4 rings (SSSR count). The highest BCUT2D eigenvalue weighted by atomic mass is 16.5. The molecule has 102 valence electrons. The van der Waals surface area contributed by atoms with E-state index in [0.717, 1.165) is 26.4 Å². The average Bonchev–Trinajstić information content (AvgIpc) is 3.06. The van der Waals surface area contributed by atoms with Gasteiger partial charge in [-0.25, -0.2) is 0 Å². The van der Waals surface area contributed by atoms with Crippen molar-refractivity contribution in [1.29, 1.82) is 0 Å². The summed E-state index contributed by atoms with van der Waals surface area (Å²) in [6.45, 7) is 2.97. The molecule has 0 aromatic heterocycles. The van der Waals surface area contributed by atoms with Crippen molar-refractivity contribution in [1.82, 2.24) is 0 Å². The highest BCUT2D eigenvalue weighted by Crippen LogP contribution is 2.53. The predicted molar refractivity (Wildman–Crippen MR) is 77.9 cm³/mol. The first-order valence-electron chi connectivity index (χ1n) is 7.14. The first-order valence-corrected chi connectivity index (χ1v) is 7.14. The molecular weight excluding hydrogens is 248 g/mol. The van der Waals surface area contributed by atoms with E-state index in [2.05, 4.69) is 60.7 Å². The lowest BCUT2D eigenvalue weighted by molar-refractivity contribution is 0.0962. The Bertz CT molecular complexity index is 528. The summed E-state index contributed by atoms with van der Waals surface area (Å²) >= 11 is 0. The van der Waals surface area contributed by atoms with Gasteiger partial charge in [0.1, 0.15) is 0 Å². The van der Waals surface area contributed by atoms with Crippen LogP contribution in [0.1, 0.15) is 11.1 Å². The Balaban J connectivity index is 1.90. The molecule has 2 fully saturated rings. The van der Waals surface area contributed by atoms with Crippen molar-refractivity contribution in [2.75, 3.05) is 26.4 Å². The summed E-state index contributed by atoms with van der Waals surface area (Å²) in [6.07, 6.45) is 0. The Kier molecular flexibility index (Phi) is 2.69. The quantitative estimate of drug-likeness (QED) is 0.832. The molecule has 20 heavy (non-hydrogen) atoms. The average molecular weight is 266 g/mol. The lowest BCUT2D eigenvalue weighted by Gasteiger charge is -2.37. The van der Waals surface area contributed by atoms with Crippen LogP contribution in [0.3, 0.4) is 0 Å². The molecule has 2 heterocycles. The monoisotopic (exact) mass is 266 g/mol. The Labute approximate surface area is 119 Å². The fourth-order valence-electron chi connectivity index (χ4n) is 3.84. The van der Waals surface area contributed by atoms with E-state index >= 15 is 0 Å². The van der Waals surface area contributed by atoms with E-state index in [4.69, 9.17) is 9.47 Å². The van der Waals surface area contributed by atoms with Crippen molar-refractivity contribution in [2.24, 2.45) is 0 Å². The van der Waals surface area contributed by atoms with Gasteiger partial charge in [-0.1, -0.05) is 60.7 Å². The third-order valence-corrected chi connectivity index (χ3v) is 4.96. The SMILES string of the molecule is c1ccc(C23COCC2(c2ccccc2)COC3)cc1. The summed E-state index contributed by atoms with van der Waals surface area (Å²) in [6, 6.07) is 21.4. The highest BCUT2D eigenvalue weighted by molar-refractivity contribution is 5.43. The zero-order chi connectivity index (χ0) is 13.5. The van der Waals surface area contributed by atoms with E-state index in [1.807, 2.05) is 0 Å². The number of fused-ring (bicyclic) bond motifs is 1. The molecular formula is C18H18O2. The van der Waals surface area contributed by atoms with Gasteiger partial charge in [0, 0.05) is 0 Å². The van der Waals surface area contributed by atoms with E-state index in [1.165, 1.54) is 11.1 Å². The van der Waals surface area contributed by atoms with Gasteiger partial charge in [-0.05, 0) is 11.1 Å². The van der Waals surface area contributed by atoms with Crippen LogP contribution in [-0.4, -0.2) is 26.4 Å². The number of hydrogen-bond donors (Lipinski definition) is 0. The van der Waals surface area contributed by atoms with E-state index < -0.39 is 0 Å². The maximum atomic E-state index is 5.95. The molecule has 2 aromatic carbocycles. The van der Waals surface area contributed by atoms with Gasteiger partial charge in [0.25, 0.3) is 0 Å². The van der Waals surface area contributed by atoms with E-state index in [9.17, 15) is 0 Å². The van der Waals surface area contributed by atoms with Crippen LogP contribution in [0, 0.1) is 0 Å². The van der Waals surface area contributed by atoms with Crippen molar-refractivity contribution in [3.05, 3.63) is 71.8 Å². The zero-order valence-electron chi connectivity index (χ0n) is 11.4. The maximum Gasteiger partial charge on any atom is 0.0596 e. The largest absolute Gasteiger partial charge is 0.379 e. The zero-order valence-corrected chi connectivity index (χ0v) is 11.4. The number of benzene rings is 2. The molecule has 0 unspecified atom stereocenters. The Hall–Kier alpha value is -1.64. The van der Waals surface area contributed by atoms with Gasteiger partial charge in [0.15, 0.2) is 0 Å². The van der Waals surface area contributed by atoms with Crippen molar-refractivity contribution in [2.45, 2.75) is 10.8 Å². The molecule has 0 saturated carbocycles. The van der Waals surface area contributed by atoms with E-state index in [0.29, 0.717) is 0 Å². The molecule has 2 heteroatoms. The molecule has 2 saturated heterocycles. The first-order chi connectivity index (χ1) is 9.87. The van der Waals surface area contributed by atoms with Crippen LogP contribution in [0.25, 0.3) is 0 Å².